The van der Waals surface area contributed by atoms with Crippen molar-refractivity contribution in [2.45, 2.75) is 19.4 Å². The van der Waals surface area contributed by atoms with Crippen molar-refractivity contribution in [1.82, 2.24) is 5.32 Å². The van der Waals surface area contributed by atoms with Gasteiger partial charge >= 0.3 is 11.9 Å². The predicted octanol–water partition coefficient (Wildman–Crippen LogP) is 0.233. The van der Waals surface area contributed by atoms with Gasteiger partial charge < -0.3 is 21.3 Å². The molecule has 6 nitrogen and oxygen atoms in total. The number of nitrogens with two attached hydrogens (primary N) is 1. The largest absolute Gasteiger partial charge is 0.478 e. The average molecular weight is 252 g/mol. The molecule has 0 amide bonds. The van der Waals surface area contributed by atoms with Crippen LogP contribution in [0.5, 0.6) is 0 Å². The van der Waals surface area contributed by atoms with Crippen molar-refractivity contribution >= 4 is 11.9 Å². The van der Waals surface area contributed by atoms with Crippen LogP contribution in [-0.4, -0.2) is 34.7 Å². The Kier molecular flexibility index (Phi) is 4.67. The van der Waals surface area contributed by atoms with Crippen LogP contribution < -0.4 is 11.1 Å². The van der Waals surface area contributed by atoms with Gasteiger partial charge in [0.2, 0.25) is 0 Å². The summed E-state index contributed by atoms with van der Waals surface area (Å²) in [5.74, 6) is -2.04. The minimum absolute atomic E-state index is 0.150. The zero-order chi connectivity index (χ0) is 13.7. The first-order valence-corrected chi connectivity index (χ1v) is 5.48. The molecule has 18 heavy (non-hydrogen) atoms. The lowest BCUT2D eigenvalue weighted by molar-refractivity contribution is -0.133. The third-order valence-corrected chi connectivity index (χ3v) is 2.65. The predicted molar refractivity (Wildman–Crippen MR) is 65.8 cm³/mol. The molecule has 0 aliphatic carbocycles. The van der Waals surface area contributed by atoms with Crippen molar-refractivity contribution in [3.05, 3.63) is 35.1 Å². The fourth-order valence-corrected chi connectivity index (χ4v) is 1.62. The quantitative estimate of drug-likeness (QED) is 0.521. The van der Waals surface area contributed by atoms with Gasteiger partial charge in [-0.1, -0.05) is 12.2 Å². The van der Waals surface area contributed by atoms with E-state index in [1.165, 1.54) is 18.2 Å². The monoisotopic (exact) mass is 252 g/mol. The first-order chi connectivity index (χ1) is 8.45. The van der Waals surface area contributed by atoms with Gasteiger partial charge in [0.1, 0.15) is 0 Å². The van der Waals surface area contributed by atoms with Gasteiger partial charge in [0.05, 0.1) is 5.57 Å². The molecule has 0 aromatic rings. The summed E-state index contributed by atoms with van der Waals surface area (Å²) in [5.41, 5.74) is 6.78. The van der Waals surface area contributed by atoms with Crippen molar-refractivity contribution in [3.8, 4) is 0 Å². The van der Waals surface area contributed by atoms with Crippen molar-refractivity contribution < 1.29 is 19.8 Å². The Bertz CT molecular complexity index is 449. The lowest BCUT2D eigenvalue weighted by Gasteiger charge is -2.20. The summed E-state index contributed by atoms with van der Waals surface area (Å²) in [4.78, 5) is 21.7. The fourth-order valence-electron chi connectivity index (χ4n) is 1.62. The van der Waals surface area contributed by atoms with E-state index in [1.807, 2.05) is 0 Å². The number of allylic oxidation sites excluding steroid dienone is 1. The summed E-state index contributed by atoms with van der Waals surface area (Å²) in [7, 11) is 0. The van der Waals surface area contributed by atoms with Crippen molar-refractivity contribution in [1.29, 1.82) is 0 Å². The highest BCUT2D eigenvalue weighted by molar-refractivity contribution is 5.90. The van der Waals surface area contributed by atoms with E-state index in [9.17, 15) is 9.59 Å². The molecule has 0 aromatic carbocycles. The van der Waals surface area contributed by atoms with Crippen LogP contribution in [0.25, 0.3) is 0 Å². The number of carboxylic acid groups (broad SMARTS) is 2. The maximum Gasteiger partial charge on any atom is 0.335 e. The molecule has 1 aliphatic heterocycles. The molecule has 0 bridgehead atoms. The molecule has 0 fully saturated rings. The summed E-state index contributed by atoms with van der Waals surface area (Å²) in [6, 6.07) is -0.560. The molecule has 0 radical (unpaired) electrons. The van der Waals surface area contributed by atoms with E-state index in [2.05, 4.69) is 5.32 Å². The molecule has 0 saturated carbocycles. The number of carbonyl (C=O) groups is 2. The van der Waals surface area contributed by atoms with Gasteiger partial charge in [0.15, 0.2) is 0 Å². The third-order valence-electron chi connectivity index (χ3n) is 2.65. The van der Waals surface area contributed by atoms with Crippen LogP contribution in [0.4, 0.5) is 0 Å². The Morgan fingerprint density at radius 1 is 1.56 bits per heavy atom. The molecule has 0 spiro atoms. The number of carboxylic acids is 2. The summed E-state index contributed by atoms with van der Waals surface area (Å²) >= 11 is 0. The molecule has 98 valence electrons. The smallest absolute Gasteiger partial charge is 0.335 e. The van der Waals surface area contributed by atoms with E-state index in [-0.39, 0.29) is 17.6 Å². The summed E-state index contributed by atoms with van der Waals surface area (Å²) in [6.45, 7) is 2.00. The van der Waals surface area contributed by atoms with Crippen LogP contribution in [0.15, 0.2) is 35.1 Å². The molecular formula is C12H16N2O4. The fraction of sp³-hybridized carbons (Fsp3) is 0.333. The second kappa shape index (κ2) is 6.02. The minimum atomic E-state index is -1.02. The third kappa shape index (κ3) is 3.46. The zero-order valence-corrected chi connectivity index (χ0v) is 10.0. The molecule has 1 aliphatic rings. The number of dihydropyridines is 1. The molecule has 1 heterocycles. The summed E-state index contributed by atoms with van der Waals surface area (Å²) in [6.07, 6.45) is 4.61. The Hall–Kier alpha value is -2.08. The highest BCUT2D eigenvalue weighted by Gasteiger charge is 2.18. The lowest BCUT2D eigenvalue weighted by atomic mass is 10.0. The van der Waals surface area contributed by atoms with Crippen LogP contribution in [0.2, 0.25) is 0 Å². The van der Waals surface area contributed by atoms with E-state index in [4.69, 9.17) is 15.9 Å². The van der Waals surface area contributed by atoms with Gasteiger partial charge in [-0.15, -0.1) is 0 Å². The van der Waals surface area contributed by atoms with Crippen molar-refractivity contribution in [2.75, 3.05) is 6.54 Å². The van der Waals surface area contributed by atoms with Crippen LogP contribution in [-0.2, 0) is 9.59 Å². The van der Waals surface area contributed by atoms with Gasteiger partial charge in [-0.2, -0.15) is 0 Å². The Morgan fingerprint density at radius 3 is 2.72 bits per heavy atom. The second-order valence-corrected chi connectivity index (χ2v) is 3.87. The molecule has 5 N–H and O–H groups in total. The molecule has 1 atom stereocenters. The van der Waals surface area contributed by atoms with E-state index in [1.54, 1.807) is 6.92 Å². The minimum Gasteiger partial charge on any atom is -0.478 e. The van der Waals surface area contributed by atoms with Crippen molar-refractivity contribution in [2.24, 2.45) is 5.73 Å². The standard InChI is InChI=1S/C12H16N2O4/c1-2-7(11(15)16)5-9(13)10-6-8(12(17)18)3-4-14-10/h2-3,6,9,14H,4-5,13H2,1H3,(H,15,16)(H,17,18)/b7-2+. The number of aliphatic carboxylic acids is 2. The molecule has 0 aromatic heterocycles. The normalized spacial score (nSPS) is 17.3. The maximum atomic E-state index is 10.9. The van der Waals surface area contributed by atoms with Crippen molar-refractivity contribution in [3.63, 3.8) is 0 Å². The van der Waals surface area contributed by atoms with E-state index in [0.717, 1.165) is 0 Å². The first kappa shape index (κ1) is 14.0. The van der Waals surface area contributed by atoms with Crippen LogP contribution >= 0.6 is 0 Å². The van der Waals surface area contributed by atoms with Gasteiger partial charge in [-0.05, 0) is 19.4 Å². The SMILES string of the molecule is C/C=C(\CC(N)C1=CC(C(=O)O)=CCN1)C(=O)O. The number of hydrogen-bond donors (Lipinski definition) is 4. The number of nitrogens with one attached hydrogen (secondary N) is 1. The zero-order valence-electron chi connectivity index (χ0n) is 10.0. The highest BCUT2D eigenvalue weighted by Crippen LogP contribution is 2.14. The highest BCUT2D eigenvalue weighted by atomic mass is 16.4. The maximum absolute atomic E-state index is 10.9. The Balaban J connectivity index is 2.79. The van der Waals surface area contributed by atoms with Crippen LogP contribution in [0.1, 0.15) is 13.3 Å². The first-order valence-electron chi connectivity index (χ1n) is 5.48. The molecule has 1 unspecified atom stereocenters. The molecular weight excluding hydrogens is 236 g/mol. The topological polar surface area (TPSA) is 113 Å². The van der Waals surface area contributed by atoms with E-state index < -0.39 is 18.0 Å². The number of rotatable bonds is 5. The average Bonchev–Trinajstić information content (AvgIpc) is 2.35. The molecule has 0 saturated heterocycles. The van der Waals surface area contributed by atoms with E-state index >= 15 is 0 Å². The van der Waals surface area contributed by atoms with Gasteiger partial charge in [0, 0.05) is 23.9 Å². The van der Waals surface area contributed by atoms with Gasteiger partial charge in [0.25, 0.3) is 0 Å². The Morgan fingerprint density at radius 2 is 2.22 bits per heavy atom. The molecule has 6 heteroatoms. The summed E-state index contributed by atoms with van der Waals surface area (Å²) < 4.78 is 0. The summed E-state index contributed by atoms with van der Waals surface area (Å²) in [5, 5.41) is 20.7. The molecule has 1 rings (SSSR count). The van der Waals surface area contributed by atoms with E-state index in [0.29, 0.717) is 12.2 Å². The lowest BCUT2D eigenvalue weighted by Crippen LogP contribution is -2.35. The second-order valence-electron chi connectivity index (χ2n) is 3.87. The van der Waals surface area contributed by atoms with Crippen LogP contribution in [0, 0.1) is 0 Å². The Labute approximate surface area is 104 Å². The number of hydrogen-bond acceptors (Lipinski definition) is 4. The van der Waals surface area contributed by atoms with Gasteiger partial charge in [-0.25, -0.2) is 9.59 Å². The van der Waals surface area contributed by atoms with Gasteiger partial charge in [-0.3, -0.25) is 0 Å². The van der Waals surface area contributed by atoms with Crippen LogP contribution in [0.3, 0.4) is 0 Å².